The highest BCUT2D eigenvalue weighted by Crippen LogP contribution is 2.07. The van der Waals surface area contributed by atoms with E-state index in [0.717, 1.165) is 5.56 Å². The van der Waals surface area contributed by atoms with E-state index in [1.165, 1.54) is 0 Å². The van der Waals surface area contributed by atoms with E-state index in [-0.39, 0.29) is 5.91 Å². The number of anilines is 1. The van der Waals surface area contributed by atoms with Gasteiger partial charge in [-0.15, -0.1) is 0 Å². The Kier molecular flexibility index (Phi) is 3.48. The van der Waals surface area contributed by atoms with Crippen molar-refractivity contribution in [3.05, 3.63) is 29.8 Å². The number of nitrogen functional groups attached to an aromatic ring is 1. The molecule has 1 amide bonds. The second-order valence-electron chi connectivity index (χ2n) is 3.17. The third-order valence-corrected chi connectivity index (χ3v) is 2.02. The molecule has 0 aliphatic rings. The van der Waals surface area contributed by atoms with Gasteiger partial charge >= 0.3 is 0 Å². The molecule has 0 aliphatic heterocycles. The predicted octanol–water partition coefficient (Wildman–Crippen LogP) is -0.115. The molecule has 0 saturated carbocycles. The summed E-state index contributed by atoms with van der Waals surface area (Å²) in [5.41, 5.74) is 12.9. The van der Waals surface area contributed by atoms with E-state index < -0.39 is 6.04 Å². The van der Waals surface area contributed by atoms with Crippen molar-refractivity contribution >= 4 is 11.6 Å². The largest absolute Gasteiger partial charge is 0.399 e. The highest BCUT2D eigenvalue weighted by molar-refractivity contribution is 5.81. The Balaban J connectivity index is 2.60. The van der Waals surface area contributed by atoms with Gasteiger partial charge in [-0.3, -0.25) is 4.79 Å². The molecular weight excluding hydrogens is 178 g/mol. The van der Waals surface area contributed by atoms with Gasteiger partial charge in [-0.05, 0) is 24.1 Å². The summed E-state index contributed by atoms with van der Waals surface area (Å²) in [6.45, 7) is 0. The highest BCUT2D eigenvalue weighted by atomic mass is 16.2. The number of hydrogen-bond donors (Lipinski definition) is 3. The second-order valence-corrected chi connectivity index (χ2v) is 3.17. The maximum atomic E-state index is 11.1. The van der Waals surface area contributed by atoms with E-state index in [1.54, 1.807) is 19.2 Å². The minimum absolute atomic E-state index is 0.151. The fraction of sp³-hybridized carbons (Fsp3) is 0.300. The Labute approximate surface area is 83.3 Å². The summed E-state index contributed by atoms with van der Waals surface area (Å²) in [6, 6.07) is 6.84. The Morgan fingerprint density at radius 3 is 2.50 bits per heavy atom. The van der Waals surface area contributed by atoms with E-state index in [0.29, 0.717) is 12.1 Å². The lowest BCUT2D eigenvalue weighted by Gasteiger charge is -2.09. The molecule has 0 aliphatic carbocycles. The Morgan fingerprint density at radius 1 is 1.43 bits per heavy atom. The van der Waals surface area contributed by atoms with Crippen molar-refractivity contribution in [3.63, 3.8) is 0 Å². The van der Waals surface area contributed by atoms with Crippen LogP contribution in [-0.4, -0.2) is 19.0 Å². The van der Waals surface area contributed by atoms with Gasteiger partial charge in [0.25, 0.3) is 0 Å². The van der Waals surface area contributed by atoms with Gasteiger partial charge < -0.3 is 16.8 Å². The van der Waals surface area contributed by atoms with Gasteiger partial charge in [-0.2, -0.15) is 0 Å². The predicted molar refractivity (Wildman–Crippen MR) is 56.6 cm³/mol. The molecule has 0 bridgehead atoms. The van der Waals surface area contributed by atoms with Gasteiger partial charge in [-0.25, -0.2) is 0 Å². The minimum atomic E-state index is -0.497. The summed E-state index contributed by atoms with van der Waals surface area (Å²) in [5.74, 6) is -0.151. The third-order valence-electron chi connectivity index (χ3n) is 2.02. The summed E-state index contributed by atoms with van der Waals surface area (Å²) in [6.07, 6.45) is 0.528. The van der Waals surface area contributed by atoms with E-state index in [1.807, 2.05) is 12.1 Å². The molecule has 0 fully saturated rings. The number of carbonyl (C=O) groups excluding carboxylic acids is 1. The van der Waals surface area contributed by atoms with Gasteiger partial charge in [0, 0.05) is 12.7 Å². The molecular formula is C10H15N3O. The molecule has 0 radical (unpaired) electrons. The number of hydrogen-bond acceptors (Lipinski definition) is 3. The number of benzene rings is 1. The quantitative estimate of drug-likeness (QED) is 0.586. The summed E-state index contributed by atoms with van der Waals surface area (Å²) in [4.78, 5) is 11.1. The first-order valence-corrected chi connectivity index (χ1v) is 4.45. The smallest absolute Gasteiger partial charge is 0.237 e. The zero-order valence-corrected chi connectivity index (χ0v) is 8.16. The molecule has 0 spiro atoms. The molecule has 14 heavy (non-hydrogen) atoms. The maximum absolute atomic E-state index is 11.1. The molecule has 0 saturated heterocycles. The molecule has 1 aromatic rings. The average molecular weight is 193 g/mol. The van der Waals surface area contributed by atoms with Crippen LogP contribution in [0.3, 0.4) is 0 Å². The van der Waals surface area contributed by atoms with E-state index >= 15 is 0 Å². The normalized spacial score (nSPS) is 12.1. The number of nitrogens with one attached hydrogen (secondary N) is 1. The van der Waals surface area contributed by atoms with Gasteiger partial charge in [-0.1, -0.05) is 12.1 Å². The van der Waals surface area contributed by atoms with Crippen LogP contribution < -0.4 is 16.8 Å². The zero-order chi connectivity index (χ0) is 10.6. The third kappa shape index (κ3) is 2.74. The van der Waals surface area contributed by atoms with Gasteiger partial charge in [0.05, 0.1) is 6.04 Å². The molecule has 5 N–H and O–H groups in total. The lowest BCUT2D eigenvalue weighted by Crippen LogP contribution is -2.40. The van der Waals surface area contributed by atoms with Crippen LogP contribution in [0, 0.1) is 0 Å². The lowest BCUT2D eigenvalue weighted by molar-refractivity contribution is -0.121. The average Bonchev–Trinajstić information content (AvgIpc) is 2.20. The Hall–Kier alpha value is -1.55. The van der Waals surface area contributed by atoms with Gasteiger partial charge in [0.1, 0.15) is 0 Å². The van der Waals surface area contributed by atoms with Crippen LogP contribution >= 0.6 is 0 Å². The molecule has 1 unspecified atom stereocenters. The lowest BCUT2D eigenvalue weighted by atomic mass is 10.1. The number of rotatable bonds is 3. The van der Waals surface area contributed by atoms with E-state index in [4.69, 9.17) is 11.5 Å². The summed E-state index contributed by atoms with van der Waals surface area (Å²) >= 11 is 0. The number of amides is 1. The van der Waals surface area contributed by atoms with Crippen LogP contribution in [0.25, 0.3) is 0 Å². The van der Waals surface area contributed by atoms with Crippen molar-refractivity contribution in [2.24, 2.45) is 5.73 Å². The van der Waals surface area contributed by atoms with Crippen LogP contribution in [0.2, 0.25) is 0 Å². The van der Waals surface area contributed by atoms with E-state index in [9.17, 15) is 4.79 Å². The first kappa shape index (κ1) is 10.5. The SMILES string of the molecule is CNC(=O)C(N)Cc1ccc(N)cc1. The molecule has 1 aromatic carbocycles. The summed E-state index contributed by atoms with van der Waals surface area (Å²) in [5, 5.41) is 2.51. The van der Waals surface area contributed by atoms with E-state index in [2.05, 4.69) is 5.32 Å². The fourth-order valence-corrected chi connectivity index (χ4v) is 1.19. The standard InChI is InChI=1S/C10H15N3O/c1-13-10(14)9(12)6-7-2-4-8(11)5-3-7/h2-5,9H,6,11-12H2,1H3,(H,13,14). The van der Waals surface area contributed by atoms with Crippen LogP contribution in [0.1, 0.15) is 5.56 Å². The van der Waals surface area contributed by atoms with Crippen molar-refractivity contribution in [3.8, 4) is 0 Å². The maximum Gasteiger partial charge on any atom is 0.237 e. The number of nitrogens with two attached hydrogens (primary N) is 2. The second kappa shape index (κ2) is 4.62. The first-order valence-electron chi connectivity index (χ1n) is 4.45. The van der Waals surface area contributed by atoms with Crippen molar-refractivity contribution < 1.29 is 4.79 Å². The van der Waals surface area contributed by atoms with Gasteiger partial charge in [0.15, 0.2) is 0 Å². The van der Waals surface area contributed by atoms with Crippen LogP contribution in [0.4, 0.5) is 5.69 Å². The van der Waals surface area contributed by atoms with Crippen molar-refractivity contribution in [2.75, 3.05) is 12.8 Å². The summed E-state index contributed by atoms with van der Waals surface area (Å²) < 4.78 is 0. The molecule has 0 aromatic heterocycles. The molecule has 1 atom stereocenters. The zero-order valence-electron chi connectivity index (χ0n) is 8.16. The molecule has 0 heterocycles. The van der Waals surface area contributed by atoms with Crippen LogP contribution in [-0.2, 0) is 11.2 Å². The van der Waals surface area contributed by atoms with Crippen LogP contribution in [0.15, 0.2) is 24.3 Å². The number of carbonyl (C=O) groups is 1. The highest BCUT2D eigenvalue weighted by Gasteiger charge is 2.11. The Bertz CT molecular complexity index is 308. The fourth-order valence-electron chi connectivity index (χ4n) is 1.19. The van der Waals surface area contributed by atoms with Crippen molar-refractivity contribution in [1.29, 1.82) is 0 Å². The van der Waals surface area contributed by atoms with Gasteiger partial charge in [0.2, 0.25) is 5.91 Å². The topological polar surface area (TPSA) is 81.1 Å². The van der Waals surface area contributed by atoms with Crippen molar-refractivity contribution in [1.82, 2.24) is 5.32 Å². The molecule has 76 valence electrons. The van der Waals surface area contributed by atoms with Crippen molar-refractivity contribution in [2.45, 2.75) is 12.5 Å². The molecule has 4 nitrogen and oxygen atoms in total. The van der Waals surface area contributed by atoms with Crippen LogP contribution in [0.5, 0.6) is 0 Å². The molecule has 4 heteroatoms. The number of likely N-dealkylation sites (N-methyl/N-ethyl adjacent to an activating group) is 1. The minimum Gasteiger partial charge on any atom is -0.399 e. The summed E-state index contributed by atoms with van der Waals surface area (Å²) in [7, 11) is 1.57. The molecule has 1 rings (SSSR count). The first-order chi connectivity index (χ1) is 6.63. The Morgan fingerprint density at radius 2 is 2.00 bits per heavy atom. The monoisotopic (exact) mass is 193 g/mol.